The molecule has 0 radical (unpaired) electrons. The highest BCUT2D eigenvalue weighted by Crippen LogP contribution is 2.14. The molecule has 6 nitrogen and oxygen atoms in total. The normalized spacial score (nSPS) is 10.7. The van der Waals surface area contributed by atoms with Crippen LogP contribution in [0.3, 0.4) is 0 Å². The van der Waals surface area contributed by atoms with Crippen molar-refractivity contribution in [1.82, 2.24) is 9.80 Å². The molecule has 0 saturated carbocycles. The van der Waals surface area contributed by atoms with Gasteiger partial charge < -0.3 is 14.1 Å². The maximum absolute atomic E-state index is 11.8. The van der Waals surface area contributed by atoms with Crippen LogP contribution < -0.4 is 0 Å². The largest absolute Gasteiger partial charge is 0.467 e. The Morgan fingerprint density at radius 1 is 1.30 bits per heavy atom. The number of carbonyl (C=O) groups excluding carboxylic acids is 2. The third-order valence-corrected chi connectivity index (χ3v) is 2.91. The van der Waals surface area contributed by atoms with Crippen molar-refractivity contribution in [3.63, 3.8) is 0 Å². The zero-order valence-corrected chi connectivity index (χ0v) is 12.5. The van der Waals surface area contributed by atoms with Gasteiger partial charge in [0.2, 0.25) is 5.91 Å². The van der Waals surface area contributed by atoms with Crippen molar-refractivity contribution in [3.05, 3.63) is 23.7 Å². The molecule has 1 heterocycles. The van der Waals surface area contributed by atoms with Crippen LogP contribution in [0.15, 0.2) is 16.7 Å². The van der Waals surface area contributed by atoms with E-state index in [0.717, 1.165) is 0 Å². The van der Waals surface area contributed by atoms with Crippen LogP contribution in [0.25, 0.3) is 0 Å². The molecule has 1 rings (SSSR count). The van der Waals surface area contributed by atoms with Gasteiger partial charge in [0.05, 0.1) is 26.0 Å². The molecule has 0 N–H and O–H groups in total. The van der Waals surface area contributed by atoms with Crippen LogP contribution in [-0.4, -0.2) is 55.5 Å². The van der Waals surface area contributed by atoms with Gasteiger partial charge in [-0.15, -0.1) is 0 Å². The quantitative estimate of drug-likeness (QED) is 0.707. The summed E-state index contributed by atoms with van der Waals surface area (Å²) in [7, 11) is 3.43. The number of ether oxygens (including phenoxy) is 1. The molecule has 0 aliphatic carbocycles. The fraction of sp³-hybridized carbons (Fsp3) is 0.571. The molecule has 0 bridgehead atoms. The lowest BCUT2D eigenvalue weighted by Gasteiger charge is -2.21. The van der Waals surface area contributed by atoms with E-state index in [4.69, 9.17) is 9.15 Å². The van der Waals surface area contributed by atoms with Crippen molar-refractivity contribution in [2.24, 2.45) is 0 Å². The van der Waals surface area contributed by atoms with Gasteiger partial charge in [-0.1, -0.05) is 6.92 Å². The van der Waals surface area contributed by atoms with Gasteiger partial charge in [-0.25, -0.2) is 4.79 Å². The number of nitrogens with zero attached hydrogens (tertiary/aromatic N) is 2. The van der Waals surface area contributed by atoms with Crippen LogP contribution in [0.2, 0.25) is 0 Å². The smallest absolute Gasteiger partial charge is 0.341 e. The third-order valence-electron chi connectivity index (χ3n) is 2.91. The number of hydrogen-bond acceptors (Lipinski definition) is 5. The van der Waals surface area contributed by atoms with Crippen LogP contribution in [0.4, 0.5) is 0 Å². The number of carbonyl (C=O) groups is 2. The number of amides is 1. The highest BCUT2D eigenvalue weighted by molar-refractivity contribution is 5.90. The first-order valence-electron chi connectivity index (χ1n) is 6.65. The molecule has 0 spiro atoms. The summed E-state index contributed by atoms with van der Waals surface area (Å²) in [6.45, 7) is 5.40. The van der Waals surface area contributed by atoms with E-state index in [1.165, 1.54) is 11.2 Å². The van der Waals surface area contributed by atoms with Crippen molar-refractivity contribution in [3.8, 4) is 0 Å². The lowest BCUT2D eigenvalue weighted by molar-refractivity contribution is -0.130. The van der Waals surface area contributed by atoms with E-state index in [9.17, 15) is 9.59 Å². The number of esters is 1. The van der Waals surface area contributed by atoms with Crippen molar-refractivity contribution in [2.45, 2.75) is 20.4 Å². The molecule has 1 aromatic heterocycles. The second-order valence-electron chi connectivity index (χ2n) is 4.57. The standard InChI is InChI=1S/C14H22N2O4/c1-5-16(10-13(17)15(3)4)9-12-11(7-8-20-12)14(18)19-6-2/h7-8H,5-6,9-10H2,1-4H3. The van der Waals surface area contributed by atoms with Crippen LogP contribution in [0.1, 0.15) is 30.0 Å². The van der Waals surface area contributed by atoms with Crippen molar-refractivity contribution >= 4 is 11.9 Å². The zero-order chi connectivity index (χ0) is 15.1. The third kappa shape index (κ3) is 4.38. The number of hydrogen-bond donors (Lipinski definition) is 0. The topological polar surface area (TPSA) is 63.0 Å². The van der Waals surface area contributed by atoms with Gasteiger partial charge in [0.25, 0.3) is 0 Å². The van der Waals surface area contributed by atoms with Crippen molar-refractivity contribution < 1.29 is 18.7 Å². The molecule has 0 saturated heterocycles. The van der Waals surface area contributed by atoms with Crippen molar-refractivity contribution in [1.29, 1.82) is 0 Å². The monoisotopic (exact) mass is 282 g/mol. The first kappa shape index (κ1) is 16.2. The van der Waals surface area contributed by atoms with Gasteiger partial charge in [-0.3, -0.25) is 9.69 Å². The Morgan fingerprint density at radius 2 is 2.00 bits per heavy atom. The van der Waals surface area contributed by atoms with E-state index in [0.29, 0.717) is 31.0 Å². The van der Waals surface area contributed by atoms with Gasteiger partial charge in [0, 0.05) is 14.1 Å². The fourth-order valence-corrected chi connectivity index (χ4v) is 1.67. The SMILES string of the molecule is CCOC(=O)c1ccoc1CN(CC)CC(=O)N(C)C. The van der Waals surface area contributed by atoms with Crippen LogP contribution >= 0.6 is 0 Å². The Balaban J connectivity index is 2.73. The maximum Gasteiger partial charge on any atom is 0.341 e. The molecular formula is C14H22N2O4. The van der Waals surface area contributed by atoms with Crippen molar-refractivity contribution in [2.75, 3.05) is 33.8 Å². The second kappa shape index (κ2) is 7.69. The molecule has 0 aliphatic heterocycles. The van der Waals surface area contributed by atoms with Crippen LogP contribution in [0.5, 0.6) is 0 Å². The summed E-state index contributed by atoms with van der Waals surface area (Å²) in [6, 6.07) is 1.59. The van der Waals surface area contributed by atoms with Gasteiger partial charge in [-0.2, -0.15) is 0 Å². The summed E-state index contributed by atoms with van der Waals surface area (Å²) in [5, 5.41) is 0. The fourth-order valence-electron chi connectivity index (χ4n) is 1.67. The number of rotatable bonds is 7. The Kier molecular flexibility index (Phi) is 6.24. The van der Waals surface area contributed by atoms with E-state index in [1.807, 2.05) is 11.8 Å². The summed E-state index contributed by atoms with van der Waals surface area (Å²) >= 11 is 0. The highest BCUT2D eigenvalue weighted by atomic mass is 16.5. The predicted molar refractivity (Wildman–Crippen MR) is 74.3 cm³/mol. The maximum atomic E-state index is 11.8. The lowest BCUT2D eigenvalue weighted by Crippen LogP contribution is -2.36. The van der Waals surface area contributed by atoms with Gasteiger partial charge >= 0.3 is 5.97 Å². The molecule has 6 heteroatoms. The molecule has 0 atom stereocenters. The molecule has 0 aromatic carbocycles. The first-order valence-corrected chi connectivity index (χ1v) is 6.65. The summed E-state index contributed by atoms with van der Waals surface area (Å²) in [4.78, 5) is 26.9. The average Bonchev–Trinajstić information content (AvgIpc) is 2.86. The van der Waals surface area contributed by atoms with E-state index in [2.05, 4.69) is 0 Å². The van der Waals surface area contributed by atoms with E-state index in [1.54, 1.807) is 27.1 Å². The molecule has 0 aliphatic rings. The van der Waals surface area contributed by atoms with E-state index >= 15 is 0 Å². The average molecular weight is 282 g/mol. The van der Waals surface area contributed by atoms with Gasteiger partial charge in [0.1, 0.15) is 11.3 Å². The Hall–Kier alpha value is -1.82. The van der Waals surface area contributed by atoms with Gasteiger partial charge in [-0.05, 0) is 19.5 Å². The Labute approximate surface area is 119 Å². The minimum Gasteiger partial charge on any atom is -0.467 e. The summed E-state index contributed by atoms with van der Waals surface area (Å²) in [6.07, 6.45) is 1.46. The number of likely N-dealkylation sites (N-methyl/N-ethyl adjacent to an activating group) is 2. The molecule has 1 amide bonds. The van der Waals surface area contributed by atoms with E-state index in [-0.39, 0.29) is 12.5 Å². The predicted octanol–water partition coefficient (Wildman–Crippen LogP) is 1.37. The summed E-state index contributed by atoms with van der Waals surface area (Å²) < 4.78 is 10.3. The molecule has 1 aromatic rings. The van der Waals surface area contributed by atoms with Gasteiger partial charge in [0.15, 0.2) is 0 Å². The molecule has 20 heavy (non-hydrogen) atoms. The minimum absolute atomic E-state index is 0.0103. The minimum atomic E-state index is -0.397. The lowest BCUT2D eigenvalue weighted by atomic mass is 10.2. The first-order chi connectivity index (χ1) is 9.49. The summed E-state index contributed by atoms with van der Waals surface area (Å²) in [5.74, 6) is 0.138. The zero-order valence-electron chi connectivity index (χ0n) is 12.5. The molecule has 0 fully saturated rings. The Morgan fingerprint density at radius 3 is 2.55 bits per heavy atom. The molecule has 0 unspecified atom stereocenters. The highest BCUT2D eigenvalue weighted by Gasteiger charge is 2.19. The second-order valence-corrected chi connectivity index (χ2v) is 4.57. The van der Waals surface area contributed by atoms with E-state index < -0.39 is 5.97 Å². The Bertz CT molecular complexity index is 454. The molecule has 112 valence electrons. The molecular weight excluding hydrogens is 260 g/mol. The van der Waals surface area contributed by atoms with Crippen LogP contribution in [-0.2, 0) is 16.1 Å². The van der Waals surface area contributed by atoms with Crippen LogP contribution in [0, 0.1) is 0 Å². The number of furan rings is 1. The summed E-state index contributed by atoms with van der Waals surface area (Å²) in [5.41, 5.74) is 0.419.